The Morgan fingerprint density at radius 1 is 1.29 bits per heavy atom. The molecular weight excluding hydrogens is 292 g/mol. The van der Waals surface area contributed by atoms with Gasteiger partial charge in [-0.05, 0) is 6.92 Å². The summed E-state index contributed by atoms with van der Waals surface area (Å²) in [7, 11) is 2.88. The van der Waals surface area contributed by atoms with Crippen molar-refractivity contribution in [3.8, 4) is 0 Å². The van der Waals surface area contributed by atoms with Crippen molar-refractivity contribution in [1.82, 2.24) is 0 Å². The van der Waals surface area contributed by atoms with Crippen LogP contribution in [0.5, 0.6) is 0 Å². The molecule has 0 aliphatic carbocycles. The number of thiophene rings is 1. The molecule has 0 radical (unpaired) electrons. The molecule has 0 bridgehead atoms. The molecule has 7 heteroatoms. The van der Waals surface area contributed by atoms with Crippen molar-refractivity contribution in [3.63, 3.8) is 0 Å². The van der Waals surface area contributed by atoms with E-state index in [0.717, 1.165) is 0 Å². The van der Waals surface area contributed by atoms with E-state index in [1.165, 1.54) is 18.4 Å². The van der Waals surface area contributed by atoms with Crippen molar-refractivity contribution in [2.75, 3.05) is 31.9 Å². The number of anilines is 2. The lowest BCUT2D eigenvalue weighted by atomic mass is 10.1. The Morgan fingerprint density at radius 3 is 2.38 bits per heavy atom. The molecule has 118 valence electrons. The highest BCUT2D eigenvalue weighted by Gasteiger charge is 2.27. The van der Waals surface area contributed by atoms with Gasteiger partial charge in [0.15, 0.2) is 5.78 Å². The maximum absolute atomic E-state index is 12.2. The summed E-state index contributed by atoms with van der Waals surface area (Å²) in [5.74, 6) is -0.838. The third kappa shape index (κ3) is 3.95. The lowest BCUT2D eigenvalue weighted by molar-refractivity contribution is 0.0603. The predicted octanol–water partition coefficient (Wildman–Crippen LogP) is 2.40. The molecule has 0 aliphatic heterocycles. The first-order valence-electron chi connectivity index (χ1n) is 6.63. The molecule has 6 nitrogen and oxygen atoms in total. The molecule has 1 unspecified atom stereocenters. The molecule has 0 aliphatic rings. The van der Waals surface area contributed by atoms with E-state index in [1.54, 1.807) is 21.0 Å². The van der Waals surface area contributed by atoms with Crippen molar-refractivity contribution in [1.29, 1.82) is 0 Å². The number of hydrogen-bond donors (Lipinski definition) is 2. The summed E-state index contributed by atoms with van der Waals surface area (Å²) < 4.78 is 9.81. The van der Waals surface area contributed by atoms with Crippen LogP contribution < -0.4 is 11.1 Å². The second-order valence-electron chi connectivity index (χ2n) is 5.06. The largest absolute Gasteiger partial charge is 0.465 e. The SMILES string of the molecule is COCC(C)Nc1sc(C(=O)C(C)C)c(N)c1C(=O)OC. The zero-order valence-corrected chi connectivity index (χ0v) is 13.8. The van der Waals surface area contributed by atoms with Gasteiger partial charge < -0.3 is 20.5 Å². The zero-order valence-electron chi connectivity index (χ0n) is 13.0. The Hall–Kier alpha value is -1.60. The van der Waals surface area contributed by atoms with Gasteiger partial charge in [-0.15, -0.1) is 11.3 Å². The Kier molecular flexibility index (Phi) is 6.17. The number of methoxy groups -OCH3 is 2. The number of nitrogens with two attached hydrogens (primary N) is 1. The summed E-state index contributed by atoms with van der Waals surface area (Å²) in [5, 5.41) is 3.68. The van der Waals surface area contributed by atoms with Gasteiger partial charge in [0.05, 0.1) is 24.3 Å². The quantitative estimate of drug-likeness (QED) is 0.593. The number of nitrogens with one attached hydrogen (secondary N) is 1. The maximum Gasteiger partial charge on any atom is 0.343 e. The maximum atomic E-state index is 12.2. The van der Waals surface area contributed by atoms with Gasteiger partial charge in [0.2, 0.25) is 0 Å². The Bertz CT molecular complexity index is 525. The number of carbonyl (C=O) groups is 2. The Labute approximate surface area is 128 Å². The molecule has 0 saturated carbocycles. The molecule has 0 spiro atoms. The summed E-state index contributed by atoms with van der Waals surface area (Å²) in [4.78, 5) is 24.5. The number of carbonyl (C=O) groups excluding carboxylic acids is 2. The lowest BCUT2D eigenvalue weighted by Gasteiger charge is -2.13. The van der Waals surface area contributed by atoms with Crippen LogP contribution >= 0.6 is 11.3 Å². The van der Waals surface area contributed by atoms with Crippen molar-refractivity contribution in [2.24, 2.45) is 5.92 Å². The first-order valence-corrected chi connectivity index (χ1v) is 7.45. The molecule has 0 amide bonds. The smallest absolute Gasteiger partial charge is 0.343 e. The molecule has 1 heterocycles. The van der Waals surface area contributed by atoms with Crippen LogP contribution in [0, 0.1) is 5.92 Å². The summed E-state index contributed by atoms with van der Waals surface area (Å²) in [6.07, 6.45) is 0. The second kappa shape index (κ2) is 7.42. The average molecular weight is 314 g/mol. The van der Waals surface area contributed by atoms with Gasteiger partial charge in [-0.1, -0.05) is 13.8 Å². The minimum atomic E-state index is -0.557. The number of rotatable bonds is 7. The van der Waals surface area contributed by atoms with Crippen LogP contribution in [-0.2, 0) is 9.47 Å². The monoisotopic (exact) mass is 314 g/mol. The first kappa shape index (κ1) is 17.5. The minimum Gasteiger partial charge on any atom is -0.465 e. The van der Waals surface area contributed by atoms with E-state index in [-0.39, 0.29) is 29.0 Å². The van der Waals surface area contributed by atoms with Crippen LogP contribution in [0.25, 0.3) is 0 Å². The van der Waals surface area contributed by atoms with Gasteiger partial charge in [-0.3, -0.25) is 4.79 Å². The zero-order chi connectivity index (χ0) is 16.2. The molecule has 0 saturated heterocycles. The number of ether oxygens (including phenoxy) is 2. The molecular formula is C14H22N2O4S. The standard InChI is InChI=1S/C14H22N2O4S/c1-7(2)11(17)12-10(15)9(14(18)20-5)13(21-12)16-8(3)6-19-4/h7-8,16H,6,15H2,1-5H3. The third-order valence-corrected chi connectivity index (χ3v) is 4.03. The normalized spacial score (nSPS) is 12.3. The van der Waals surface area contributed by atoms with Gasteiger partial charge in [0.25, 0.3) is 0 Å². The van der Waals surface area contributed by atoms with Crippen LogP contribution in [0.1, 0.15) is 40.8 Å². The van der Waals surface area contributed by atoms with Crippen molar-refractivity contribution >= 4 is 33.8 Å². The first-order chi connectivity index (χ1) is 9.83. The van der Waals surface area contributed by atoms with Crippen LogP contribution in [0.2, 0.25) is 0 Å². The minimum absolute atomic E-state index is 0.0292. The van der Waals surface area contributed by atoms with E-state index in [9.17, 15) is 9.59 Å². The topological polar surface area (TPSA) is 90.6 Å². The van der Waals surface area contributed by atoms with E-state index in [0.29, 0.717) is 16.5 Å². The molecule has 0 fully saturated rings. The van der Waals surface area contributed by atoms with Crippen LogP contribution in [-0.4, -0.2) is 38.6 Å². The highest BCUT2D eigenvalue weighted by Crippen LogP contribution is 2.38. The molecule has 3 N–H and O–H groups in total. The predicted molar refractivity (Wildman–Crippen MR) is 84.2 cm³/mol. The lowest BCUT2D eigenvalue weighted by Crippen LogP contribution is -2.21. The molecule has 1 rings (SSSR count). The molecule has 0 aromatic carbocycles. The summed E-state index contributed by atoms with van der Waals surface area (Å²) in [6.45, 7) is 5.95. The molecule has 1 aromatic heterocycles. The summed E-state index contributed by atoms with van der Waals surface area (Å²) >= 11 is 1.18. The van der Waals surface area contributed by atoms with E-state index < -0.39 is 5.97 Å². The fraction of sp³-hybridized carbons (Fsp3) is 0.571. The fourth-order valence-corrected chi connectivity index (χ4v) is 3.12. The number of Topliss-reactive ketones (excluding diaryl/α,β-unsaturated/α-hetero) is 1. The van der Waals surface area contributed by atoms with Crippen molar-refractivity contribution in [3.05, 3.63) is 10.4 Å². The molecule has 21 heavy (non-hydrogen) atoms. The van der Waals surface area contributed by atoms with Crippen LogP contribution in [0.15, 0.2) is 0 Å². The summed E-state index contributed by atoms with van der Waals surface area (Å²) in [5.41, 5.74) is 6.38. The van der Waals surface area contributed by atoms with Gasteiger partial charge in [0.1, 0.15) is 10.6 Å². The van der Waals surface area contributed by atoms with E-state index in [2.05, 4.69) is 5.32 Å². The van der Waals surface area contributed by atoms with Gasteiger partial charge in [-0.25, -0.2) is 4.79 Å². The average Bonchev–Trinajstić information content (AvgIpc) is 2.73. The highest BCUT2D eigenvalue weighted by molar-refractivity contribution is 7.19. The number of esters is 1. The number of ketones is 1. The van der Waals surface area contributed by atoms with Gasteiger partial charge in [-0.2, -0.15) is 0 Å². The molecule has 1 atom stereocenters. The Morgan fingerprint density at radius 2 is 1.90 bits per heavy atom. The van der Waals surface area contributed by atoms with Gasteiger partial charge >= 0.3 is 5.97 Å². The van der Waals surface area contributed by atoms with E-state index >= 15 is 0 Å². The summed E-state index contributed by atoms with van der Waals surface area (Å²) in [6, 6.07) is -0.0292. The van der Waals surface area contributed by atoms with Crippen molar-refractivity contribution in [2.45, 2.75) is 26.8 Å². The van der Waals surface area contributed by atoms with Crippen molar-refractivity contribution < 1.29 is 19.1 Å². The van der Waals surface area contributed by atoms with Gasteiger partial charge in [0, 0.05) is 19.1 Å². The fourth-order valence-electron chi connectivity index (χ4n) is 1.81. The highest BCUT2D eigenvalue weighted by atomic mass is 32.1. The second-order valence-corrected chi connectivity index (χ2v) is 6.08. The number of nitrogen functional groups attached to an aromatic ring is 1. The Balaban J connectivity index is 3.24. The molecule has 1 aromatic rings. The van der Waals surface area contributed by atoms with E-state index in [1.807, 2.05) is 6.92 Å². The van der Waals surface area contributed by atoms with Crippen LogP contribution in [0.3, 0.4) is 0 Å². The number of hydrogen-bond acceptors (Lipinski definition) is 7. The van der Waals surface area contributed by atoms with Crippen LogP contribution in [0.4, 0.5) is 10.7 Å². The van der Waals surface area contributed by atoms with E-state index in [4.69, 9.17) is 15.2 Å². The third-order valence-electron chi connectivity index (χ3n) is 2.88.